The first-order chi connectivity index (χ1) is 21.3. The van der Waals surface area contributed by atoms with Crippen molar-refractivity contribution >= 4 is 45.9 Å². The van der Waals surface area contributed by atoms with E-state index in [1.54, 1.807) is 26.0 Å². The number of anilines is 1. The predicted octanol–water partition coefficient (Wildman–Crippen LogP) is 5.43. The second kappa shape index (κ2) is 14.1. The second-order valence-electron chi connectivity index (χ2n) is 10.4. The number of aromatic nitrogens is 3. The third-order valence-electron chi connectivity index (χ3n) is 7.36. The molecule has 0 saturated carbocycles. The van der Waals surface area contributed by atoms with Gasteiger partial charge in [0.25, 0.3) is 5.91 Å². The van der Waals surface area contributed by atoms with Crippen LogP contribution in [0.3, 0.4) is 0 Å². The standard InChI is InChI=1S/C32H35N5O5S2/c1-5-41-31(40)28-23-14-10-16-25(23)44-30(28)34-29(39)21(4)43-32-36-35-26(37(32)24-15-9-11-19(2)20(24)3)17-33-27(38)18-42-22-12-7-6-8-13-22/h6-9,11-13,15,21H,5,10,14,16-18H2,1-4H3,(H,33,38)(H,34,39). The molecule has 2 N–H and O–H groups in total. The Morgan fingerprint density at radius 2 is 1.86 bits per heavy atom. The van der Waals surface area contributed by atoms with Gasteiger partial charge in [-0.15, -0.1) is 21.5 Å². The topological polar surface area (TPSA) is 124 Å². The van der Waals surface area contributed by atoms with Gasteiger partial charge in [0.15, 0.2) is 17.6 Å². The summed E-state index contributed by atoms with van der Waals surface area (Å²) < 4.78 is 12.7. The van der Waals surface area contributed by atoms with Gasteiger partial charge in [0.2, 0.25) is 5.91 Å². The lowest BCUT2D eigenvalue weighted by atomic mass is 10.1. The minimum atomic E-state index is -0.572. The number of carbonyl (C=O) groups is 3. The fourth-order valence-corrected chi connectivity index (χ4v) is 7.10. The summed E-state index contributed by atoms with van der Waals surface area (Å²) in [6, 6.07) is 15.1. The highest BCUT2D eigenvalue weighted by atomic mass is 32.2. The Morgan fingerprint density at radius 3 is 2.64 bits per heavy atom. The van der Waals surface area contributed by atoms with E-state index in [0.717, 1.165) is 46.5 Å². The van der Waals surface area contributed by atoms with Crippen molar-refractivity contribution in [1.82, 2.24) is 20.1 Å². The highest BCUT2D eigenvalue weighted by Gasteiger charge is 2.30. The molecule has 1 atom stereocenters. The van der Waals surface area contributed by atoms with Crippen LogP contribution < -0.4 is 15.4 Å². The minimum absolute atomic E-state index is 0.113. The monoisotopic (exact) mass is 633 g/mol. The van der Waals surface area contributed by atoms with Crippen LogP contribution >= 0.6 is 23.1 Å². The first-order valence-electron chi connectivity index (χ1n) is 14.5. The number of esters is 1. The van der Waals surface area contributed by atoms with E-state index in [1.165, 1.54) is 23.1 Å². The first-order valence-corrected chi connectivity index (χ1v) is 16.2. The molecule has 230 valence electrons. The van der Waals surface area contributed by atoms with Gasteiger partial charge >= 0.3 is 5.97 Å². The molecule has 4 aromatic rings. The number of rotatable bonds is 12. The quantitative estimate of drug-likeness (QED) is 0.157. The molecule has 0 spiro atoms. The largest absolute Gasteiger partial charge is 0.484 e. The Morgan fingerprint density at radius 1 is 1.07 bits per heavy atom. The smallest absolute Gasteiger partial charge is 0.341 e. The Bertz CT molecular complexity index is 1670. The third-order valence-corrected chi connectivity index (χ3v) is 9.61. The number of thiophene rings is 1. The number of benzene rings is 2. The molecule has 0 radical (unpaired) electrons. The Balaban J connectivity index is 1.33. The van der Waals surface area contributed by atoms with Crippen molar-refractivity contribution in [3.05, 3.63) is 81.5 Å². The van der Waals surface area contributed by atoms with Crippen molar-refractivity contribution in [3.8, 4) is 11.4 Å². The van der Waals surface area contributed by atoms with E-state index in [0.29, 0.717) is 27.3 Å². The predicted molar refractivity (Wildman–Crippen MR) is 171 cm³/mol. The molecule has 0 saturated heterocycles. The molecule has 2 aromatic heterocycles. The van der Waals surface area contributed by atoms with Gasteiger partial charge in [0.05, 0.1) is 29.7 Å². The van der Waals surface area contributed by atoms with Crippen LogP contribution in [0.25, 0.3) is 5.69 Å². The van der Waals surface area contributed by atoms with Crippen molar-refractivity contribution in [3.63, 3.8) is 0 Å². The molecule has 12 heteroatoms. The lowest BCUT2D eigenvalue weighted by Crippen LogP contribution is -2.29. The van der Waals surface area contributed by atoms with Crippen molar-refractivity contribution in [2.75, 3.05) is 18.5 Å². The number of thioether (sulfide) groups is 1. The molecule has 1 aliphatic carbocycles. The summed E-state index contributed by atoms with van der Waals surface area (Å²) in [5, 5.41) is 15.1. The number of fused-ring (bicyclic) bond motifs is 1. The van der Waals surface area contributed by atoms with Gasteiger partial charge in [-0.3, -0.25) is 14.2 Å². The van der Waals surface area contributed by atoms with Gasteiger partial charge in [-0.05, 0) is 81.8 Å². The number of ether oxygens (including phenoxy) is 2. The van der Waals surface area contributed by atoms with Gasteiger partial charge in [-0.2, -0.15) is 0 Å². The number of nitrogens with one attached hydrogen (secondary N) is 2. The van der Waals surface area contributed by atoms with Gasteiger partial charge in [0, 0.05) is 4.88 Å². The van der Waals surface area contributed by atoms with Crippen molar-refractivity contribution in [2.45, 2.75) is 63.9 Å². The van der Waals surface area contributed by atoms with E-state index in [1.807, 2.05) is 54.8 Å². The van der Waals surface area contributed by atoms with Crippen molar-refractivity contribution in [1.29, 1.82) is 0 Å². The molecule has 5 rings (SSSR count). The average Bonchev–Trinajstić information content (AvgIpc) is 3.72. The third kappa shape index (κ3) is 6.97. The lowest BCUT2D eigenvalue weighted by molar-refractivity contribution is -0.123. The molecule has 0 bridgehead atoms. The van der Waals surface area contributed by atoms with Crippen LogP contribution in [0.1, 0.15) is 58.0 Å². The summed E-state index contributed by atoms with van der Waals surface area (Å²) in [5.41, 5.74) is 4.43. The van der Waals surface area contributed by atoms with Gasteiger partial charge < -0.3 is 20.1 Å². The molecule has 2 amide bonds. The summed E-state index contributed by atoms with van der Waals surface area (Å²) in [5.74, 6) is 0.156. The zero-order valence-electron chi connectivity index (χ0n) is 25.1. The van der Waals surface area contributed by atoms with E-state index < -0.39 is 11.2 Å². The maximum Gasteiger partial charge on any atom is 0.341 e. The summed E-state index contributed by atoms with van der Waals surface area (Å²) in [4.78, 5) is 39.9. The van der Waals surface area contributed by atoms with Crippen LogP contribution in [-0.2, 0) is 33.7 Å². The normalized spacial score (nSPS) is 12.8. The van der Waals surface area contributed by atoms with Crippen LogP contribution in [0.5, 0.6) is 5.75 Å². The fourth-order valence-electron chi connectivity index (χ4n) is 4.94. The maximum atomic E-state index is 13.5. The SMILES string of the molecule is CCOC(=O)c1c(NC(=O)C(C)Sc2nnc(CNC(=O)COc3ccccc3)n2-c2cccc(C)c2C)sc2c1CCC2. The van der Waals surface area contributed by atoms with Crippen LogP contribution in [0.2, 0.25) is 0 Å². The minimum Gasteiger partial charge on any atom is -0.484 e. The first kappa shape index (κ1) is 31.3. The lowest BCUT2D eigenvalue weighted by Gasteiger charge is -2.17. The maximum absolute atomic E-state index is 13.5. The zero-order valence-corrected chi connectivity index (χ0v) is 26.8. The Hall–Kier alpha value is -4.16. The molecule has 0 aliphatic heterocycles. The van der Waals surface area contributed by atoms with Crippen LogP contribution in [0, 0.1) is 13.8 Å². The number of carbonyl (C=O) groups excluding carboxylic acids is 3. The van der Waals surface area contributed by atoms with E-state index in [9.17, 15) is 14.4 Å². The highest BCUT2D eigenvalue weighted by Crippen LogP contribution is 2.40. The number of aryl methyl sites for hydroxylation is 2. The van der Waals surface area contributed by atoms with Gasteiger partial charge in [-0.25, -0.2) is 4.79 Å². The molecule has 44 heavy (non-hydrogen) atoms. The van der Waals surface area contributed by atoms with Gasteiger partial charge in [0.1, 0.15) is 10.8 Å². The molecule has 2 heterocycles. The highest BCUT2D eigenvalue weighted by molar-refractivity contribution is 8.00. The number of para-hydroxylation sites is 1. The zero-order chi connectivity index (χ0) is 31.2. The Labute approximate surface area is 264 Å². The van der Waals surface area contributed by atoms with E-state index in [4.69, 9.17) is 9.47 Å². The van der Waals surface area contributed by atoms with Crippen LogP contribution in [0.15, 0.2) is 53.7 Å². The molecular formula is C32H35N5O5S2. The Kier molecular flexibility index (Phi) is 10.0. The summed E-state index contributed by atoms with van der Waals surface area (Å²) in [6.45, 7) is 7.83. The van der Waals surface area contributed by atoms with Gasteiger partial charge in [-0.1, -0.05) is 42.1 Å². The molecule has 1 aliphatic rings. The molecule has 0 fully saturated rings. The van der Waals surface area contributed by atoms with Crippen LogP contribution in [-0.4, -0.2) is 51.0 Å². The molecule has 2 aromatic carbocycles. The number of hydrogen-bond donors (Lipinski definition) is 2. The molecular weight excluding hydrogens is 599 g/mol. The van der Waals surface area contributed by atoms with Crippen molar-refractivity contribution in [2.24, 2.45) is 0 Å². The fraction of sp³-hybridized carbons (Fsp3) is 0.344. The molecule has 10 nitrogen and oxygen atoms in total. The summed E-state index contributed by atoms with van der Waals surface area (Å²) in [6.07, 6.45) is 2.69. The van der Waals surface area contributed by atoms with E-state index in [-0.39, 0.29) is 31.6 Å². The second-order valence-corrected chi connectivity index (χ2v) is 12.8. The molecule has 1 unspecified atom stereocenters. The number of amides is 2. The number of nitrogens with zero attached hydrogens (tertiary/aromatic N) is 3. The van der Waals surface area contributed by atoms with E-state index in [2.05, 4.69) is 20.8 Å². The average molecular weight is 634 g/mol. The van der Waals surface area contributed by atoms with Crippen molar-refractivity contribution < 1.29 is 23.9 Å². The number of hydrogen-bond acceptors (Lipinski definition) is 9. The van der Waals surface area contributed by atoms with Crippen LogP contribution in [0.4, 0.5) is 5.00 Å². The van der Waals surface area contributed by atoms with E-state index >= 15 is 0 Å². The summed E-state index contributed by atoms with van der Waals surface area (Å²) in [7, 11) is 0. The summed E-state index contributed by atoms with van der Waals surface area (Å²) >= 11 is 2.70.